The lowest BCUT2D eigenvalue weighted by molar-refractivity contribution is -0.134. The number of unbranched alkanes of at least 4 members (excludes halogenated alkanes) is 12. The summed E-state index contributed by atoms with van der Waals surface area (Å²) in [4.78, 5) is 9.00. The fraction of sp³-hybridized carbons (Fsp3) is 0.850. The first-order chi connectivity index (χ1) is 11.1. The minimum Gasteiger partial charge on any atom is -0.481 e. The largest absolute Gasteiger partial charge is 0.481 e. The molecule has 0 fully saturated rings. The number of carboxylic acids is 1. The number of carboxylic acid groups (broad SMARTS) is 1. The van der Waals surface area contributed by atoms with Gasteiger partial charge >= 0.3 is 0 Å². The Bertz CT molecular complexity index is 245. The average molecular weight is 329 g/mol. The molecular formula is C20H40O3. The zero-order chi connectivity index (χ0) is 17.6. The number of aliphatic carboxylic acids is 1. The Morgan fingerprint density at radius 2 is 1.09 bits per heavy atom. The van der Waals surface area contributed by atoms with Crippen LogP contribution in [0, 0.1) is 0 Å². The van der Waals surface area contributed by atoms with Crippen molar-refractivity contribution in [2.24, 2.45) is 0 Å². The van der Waals surface area contributed by atoms with Crippen molar-refractivity contribution in [2.75, 3.05) is 6.61 Å². The molecular weight excluding hydrogens is 288 g/mol. The number of carbonyl (C=O) groups is 1. The molecule has 2 N–H and O–H groups in total. The van der Waals surface area contributed by atoms with Crippen molar-refractivity contribution in [3.8, 4) is 0 Å². The number of hydrogen-bond acceptors (Lipinski definition) is 2. The van der Waals surface area contributed by atoms with Gasteiger partial charge in [-0.05, 0) is 32.1 Å². The molecule has 0 unspecified atom stereocenters. The van der Waals surface area contributed by atoms with Gasteiger partial charge in [-0.15, -0.1) is 0 Å². The second kappa shape index (κ2) is 23.4. The van der Waals surface area contributed by atoms with Crippen LogP contribution in [0.1, 0.15) is 104 Å². The van der Waals surface area contributed by atoms with Crippen molar-refractivity contribution >= 4 is 5.97 Å². The van der Waals surface area contributed by atoms with Gasteiger partial charge in [0.25, 0.3) is 5.97 Å². The number of aliphatic hydroxyl groups is 1. The van der Waals surface area contributed by atoms with E-state index in [1.54, 1.807) is 0 Å². The van der Waals surface area contributed by atoms with Gasteiger partial charge in [0.2, 0.25) is 0 Å². The first-order valence-corrected chi connectivity index (χ1v) is 9.60. The van der Waals surface area contributed by atoms with Crippen LogP contribution in [0.2, 0.25) is 0 Å². The maximum Gasteiger partial charge on any atom is 0.300 e. The number of rotatable bonds is 15. The van der Waals surface area contributed by atoms with Crippen LogP contribution in [0.4, 0.5) is 0 Å². The van der Waals surface area contributed by atoms with Crippen molar-refractivity contribution in [1.82, 2.24) is 0 Å². The lowest BCUT2D eigenvalue weighted by atomic mass is 10.1. The summed E-state index contributed by atoms with van der Waals surface area (Å²) < 4.78 is 0. The molecule has 0 aromatic rings. The number of aliphatic hydroxyl groups excluding tert-OH is 1. The molecule has 0 radical (unpaired) electrons. The molecule has 23 heavy (non-hydrogen) atoms. The second-order valence-electron chi connectivity index (χ2n) is 6.18. The second-order valence-corrected chi connectivity index (χ2v) is 6.18. The van der Waals surface area contributed by atoms with Gasteiger partial charge in [0.15, 0.2) is 0 Å². The summed E-state index contributed by atoms with van der Waals surface area (Å²) >= 11 is 0. The van der Waals surface area contributed by atoms with E-state index in [1.165, 1.54) is 83.5 Å². The predicted molar refractivity (Wildman–Crippen MR) is 99.8 cm³/mol. The van der Waals surface area contributed by atoms with E-state index < -0.39 is 5.97 Å². The Balaban J connectivity index is 0. The molecule has 0 bridgehead atoms. The highest BCUT2D eigenvalue weighted by Gasteiger charge is 1.91. The van der Waals surface area contributed by atoms with Crippen LogP contribution in [0.25, 0.3) is 0 Å². The Morgan fingerprint density at radius 1 is 0.739 bits per heavy atom. The van der Waals surface area contributed by atoms with Crippen molar-refractivity contribution in [1.29, 1.82) is 0 Å². The van der Waals surface area contributed by atoms with Crippen LogP contribution < -0.4 is 0 Å². The molecule has 3 nitrogen and oxygen atoms in total. The first kappa shape index (κ1) is 24.4. The van der Waals surface area contributed by atoms with Gasteiger partial charge in [0.1, 0.15) is 0 Å². The van der Waals surface area contributed by atoms with E-state index in [1.807, 2.05) is 0 Å². The summed E-state index contributed by atoms with van der Waals surface area (Å²) in [7, 11) is 0. The molecule has 3 heteroatoms. The summed E-state index contributed by atoms with van der Waals surface area (Å²) in [5.41, 5.74) is 0. The predicted octanol–water partition coefficient (Wildman–Crippen LogP) is 6.11. The molecule has 0 aliphatic heterocycles. The third kappa shape index (κ3) is 33.8. The lowest BCUT2D eigenvalue weighted by Gasteiger charge is -2.00. The van der Waals surface area contributed by atoms with E-state index in [4.69, 9.17) is 15.0 Å². The SMILES string of the molecule is CC(=O)O.CCCCCC/C=C/CCCCCCCCCCO. The summed E-state index contributed by atoms with van der Waals surface area (Å²) in [5, 5.41) is 16.1. The minimum atomic E-state index is -0.833. The number of allylic oxidation sites excluding steroid dienone is 2. The smallest absolute Gasteiger partial charge is 0.300 e. The molecule has 0 aliphatic carbocycles. The monoisotopic (exact) mass is 328 g/mol. The van der Waals surface area contributed by atoms with Gasteiger partial charge in [-0.25, -0.2) is 0 Å². The van der Waals surface area contributed by atoms with E-state index in [9.17, 15) is 0 Å². The zero-order valence-electron chi connectivity index (χ0n) is 15.6. The van der Waals surface area contributed by atoms with E-state index >= 15 is 0 Å². The molecule has 0 amide bonds. The van der Waals surface area contributed by atoms with Crippen molar-refractivity contribution in [3.05, 3.63) is 12.2 Å². The van der Waals surface area contributed by atoms with Gasteiger partial charge < -0.3 is 10.2 Å². The first-order valence-electron chi connectivity index (χ1n) is 9.60. The Morgan fingerprint density at radius 3 is 1.48 bits per heavy atom. The third-order valence-electron chi connectivity index (χ3n) is 3.67. The summed E-state index contributed by atoms with van der Waals surface area (Å²) in [6.45, 7) is 3.72. The van der Waals surface area contributed by atoms with Crippen LogP contribution >= 0.6 is 0 Å². The minimum absolute atomic E-state index is 0.366. The third-order valence-corrected chi connectivity index (χ3v) is 3.67. The molecule has 0 saturated carbocycles. The van der Waals surface area contributed by atoms with Crippen LogP contribution in [0.3, 0.4) is 0 Å². The highest BCUT2D eigenvalue weighted by Crippen LogP contribution is 2.10. The summed E-state index contributed by atoms with van der Waals surface area (Å²) in [6.07, 6.45) is 23.2. The van der Waals surface area contributed by atoms with E-state index in [0.717, 1.165) is 13.3 Å². The molecule has 0 saturated heterocycles. The van der Waals surface area contributed by atoms with Crippen molar-refractivity contribution in [2.45, 2.75) is 104 Å². The zero-order valence-corrected chi connectivity index (χ0v) is 15.6. The Kier molecular flexibility index (Phi) is 24.9. The molecule has 0 atom stereocenters. The molecule has 0 spiro atoms. The highest BCUT2D eigenvalue weighted by atomic mass is 16.4. The van der Waals surface area contributed by atoms with Gasteiger partial charge in [0.05, 0.1) is 0 Å². The van der Waals surface area contributed by atoms with Crippen LogP contribution in [-0.2, 0) is 4.79 Å². The van der Waals surface area contributed by atoms with Gasteiger partial charge in [0, 0.05) is 13.5 Å². The molecule has 0 heterocycles. The van der Waals surface area contributed by atoms with Crippen LogP contribution in [-0.4, -0.2) is 22.8 Å². The van der Waals surface area contributed by atoms with E-state index in [-0.39, 0.29) is 0 Å². The fourth-order valence-electron chi connectivity index (χ4n) is 2.36. The van der Waals surface area contributed by atoms with Crippen LogP contribution in [0.15, 0.2) is 12.2 Å². The quantitative estimate of drug-likeness (QED) is 0.282. The summed E-state index contributed by atoms with van der Waals surface area (Å²) in [5.74, 6) is -0.833. The molecule has 138 valence electrons. The maximum absolute atomic E-state index is 9.00. The van der Waals surface area contributed by atoms with Crippen molar-refractivity contribution in [3.63, 3.8) is 0 Å². The van der Waals surface area contributed by atoms with Crippen LogP contribution in [0.5, 0.6) is 0 Å². The van der Waals surface area contributed by atoms with Gasteiger partial charge in [-0.3, -0.25) is 4.79 Å². The highest BCUT2D eigenvalue weighted by molar-refractivity contribution is 5.62. The average Bonchev–Trinajstić information content (AvgIpc) is 2.50. The topological polar surface area (TPSA) is 57.5 Å². The number of hydrogen-bond donors (Lipinski definition) is 2. The molecule has 0 rings (SSSR count). The summed E-state index contributed by atoms with van der Waals surface area (Å²) in [6, 6.07) is 0. The van der Waals surface area contributed by atoms with Gasteiger partial charge in [-0.1, -0.05) is 76.9 Å². The maximum atomic E-state index is 9.00. The molecule has 0 aromatic carbocycles. The van der Waals surface area contributed by atoms with Gasteiger partial charge in [-0.2, -0.15) is 0 Å². The Labute approximate surface area is 144 Å². The molecule has 0 aliphatic rings. The fourth-order valence-corrected chi connectivity index (χ4v) is 2.36. The van der Waals surface area contributed by atoms with E-state index in [2.05, 4.69) is 19.1 Å². The Hall–Kier alpha value is -0.830. The van der Waals surface area contributed by atoms with E-state index in [0.29, 0.717) is 6.61 Å². The van der Waals surface area contributed by atoms with Crippen molar-refractivity contribution < 1.29 is 15.0 Å². The lowest BCUT2D eigenvalue weighted by Crippen LogP contribution is -1.84. The standard InChI is InChI=1S/C18H36O.C2H4O2/c1-2-3-4-5-6-7-8-9-10-11-12-13-14-15-16-17-18-19;1-2(3)4/h7-8,19H,2-6,9-18H2,1H3;1H3,(H,3,4)/b8-7+;. The molecule has 0 aromatic heterocycles. The normalized spacial score (nSPS) is 10.6.